The van der Waals surface area contributed by atoms with Crippen molar-refractivity contribution in [1.29, 1.82) is 0 Å². The zero-order valence-corrected chi connectivity index (χ0v) is 58.2. The van der Waals surface area contributed by atoms with Gasteiger partial charge in [-0.1, -0.05) is 238 Å². The predicted octanol–water partition coefficient (Wildman–Crippen LogP) is 26.2. The zero-order valence-electron chi connectivity index (χ0n) is 58.2. The van der Waals surface area contributed by atoms with Crippen LogP contribution in [0.3, 0.4) is 0 Å². The largest absolute Gasteiger partial charge is 0.309 e. The Bertz CT molecular complexity index is 6030. The van der Waals surface area contributed by atoms with E-state index in [2.05, 4.69) is 361 Å². The van der Waals surface area contributed by atoms with E-state index < -0.39 is 0 Å². The van der Waals surface area contributed by atoms with Crippen LogP contribution in [0.2, 0.25) is 0 Å². The van der Waals surface area contributed by atoms with E-state index in [1.165, 1.54) is 77.4 Å². The van der Waals surface area contributed by atoms with Crippen LogP contribution in [0.5, 0.6) is 0 Å². The van der Waals surface area contributed by atoms with Gasteiger partial charge in [0.2, 0.25) is 0 Å². The molecule has 4 nitrogen and oxygen atoms in total. The van der Waals surface area contributed by atoms with Crippen LogP contribution in [0, 0.1) is 20.8 Å². The first-order valence-electron chi connectivity index (χ1n) is 35.6. The molecular formula is C99H72N4. The Morgan fingerprint density at radius 3 is 1.29 bits per heavy atom. The maximum absolute atomic E-state index is 5.34. The molecule has 103 heavy (non-hydrogen) atoms. The molecule has 0 N–H and O–H groups in total. The summed E-state index contributed by atoms with van der Waals surface area (Å²) in [6.07, 6.45) is 5.79. The highest BCUT2D eigenvalue weighted by Crippen LogP contribution is 2.52. The lowest BCUT2D eigenvalue weighted by molar-refractivity contribution is 0.661. The van der Waals surface area contributed by atoms with E-state index >= 15 is 0 Å². The van der Waals surface area contributed by atoms with Crippen molar-refractivity contribution in [2.24, 2.45) is 0 Å². The number of rotatable bonds is 13. The normalized spacial score (nSPS) is 12.2. The van der Waals surface area contributed by atoms with E-state index in [1.54, 1.807) is 0 Å². The Kier molecular flexibility index (Phi) is 15.6. The summed E-state index contributed by atoms with van der Waals surface area (Å²) in [6, 6.07) is 121. The van der Waals surface area contributed by atoms with Crippen LogP contribution < -0.4 is 0 Å². The second-order valence-electron chi connectivity index (χ2n) is 28.0. The monoisotopic (exact) mass is 1320 g/mol. The smallest absolute Gasteiger partial charge is 0.0705 e. The molecule has 4 heterocycles. The number of pyridine rings is 3. The van der Waals surface area contributed by atoms with E-state index in [-0.39, 0.29) is 5.41 Å². The molecule has 488 valence electrons. The molecule has 0 amide bonds. The molecule has 13 aromatic carbocycles. The average molecular weight is 1320 g/mol. The second kappa shape index (κ2) is 25.7. The number of aryl methyl sites for hydroxylation is 3. The summed E-state index contributed by atoms with van der Waals surface area (Å²) >= 11 is 0. The van der Waals surface area contributed by atoms with Gasteiger partial charge < -0.3 is 4.57 Å². The lowest BCUT2D eigenvalue weighted by Gasteiger charge is -2.22. The van der Waals surface area contributed by atoms with Gasteiger partial charge in [-0.25, -0.2) is 0 Å². The van der Waals surface area contributed by atoms with Crippen LogP contribution >= 0.6 is 0 Å². The summed E-state index contributed by atoms with van der Waals surface area (Å²) in [5.74, 6) is 0. The first-order valence-corrected chi connectivity index (χ1v) is 35.6. The fourth-order valence-corrected chi connectivity index (χ4v) is 16.3. The number of benzene rings is 13. The number of aromatic nitrogens is 4. The summed E-state index contributed by atoms with van der Waals surface area (Å²) < 4.78 is 2.50. The molecule has 0 atom stereocenters. The predicted molar refractivity (Wildman–Crippen MR) is 431 cm³/mol. The maximum Gasteiger partial charge on any atom is 0.0705 e. The van der Waals surface area contributed by atoms with Crippen molar-refractivity contribution < 1.29 is 0 Å². The molecule has 0 fully saturated rings. The van der Waals surface area contributed by atoms with E-state index in [0.717, 1.165) is 123 Å². The topological polar surface area (TPSA) is 43.6 Å². The Morgan fingerprint density at radius 1 is 0.233 bits per heavy atom. The van der Waals surface area contributed by atoms with Gasteiger partial charge in [-0.3, -0.25) is 15.0 Å². The summed E-state index contributed by atoms with van der Waals surface area (Å²) in [7, 11) is 0. The number of hydrogen-bond donors (Lipinski definition) is 0. The Hall–Kier alpha value is -12.9. The highest BCUT2D eigenvalue weighted by Gasteiger charge is 2.36. The Labute approximate surface area is 602 Å². The Balaban J connectivity index is 0.829. The fourth-order valence-electron chi connectivity index (χ4n) is 16.3. The summed E-state index contributed by atoms with van der Waals surface area (Å²) in [6.45, 7) is 11.4. The van der Waals surface area contributed by atoms with Crippen molar-refractivity contribution in [2.75, 3.05) is 0 Å². The van der Waals surface area contributed by atoms with E-state index in [1.807, 2.05) is 24.5 Å². The Morgan fingerprint density at radius 2 is 0.699 bits per heavy atom. The molecule has 0 spiro atoms. The van der Waals surface area contributed by atoms with Crippen molar-refractivity contribution in [3.8, 4) is 151 Å². The van der Waals surface area contributed by atoms with E-state index in [0.29, 0.717) is 0 Å². The van der Waals surface area contributed by atoms with E-state index in [4.69, 9.17) is 15.0 Å². The van der Waals surface area contributed by atoms with Crippen LogP contribution in [0.15, 0.2) is 346 Å². The molecule has 1 aliphatic carbocycles. The number of hydrogen-bond acceptors (Lipinski definition) is 3. The molecule has 4 aromatic heterocycles. The molecule has 0 aliphatic heterocycles. The molecule has 0 unspecified atom stereocenters. The van der Waals surface area contributed by atoms with Gasteiger partial charge in [0, 0.05) is 62.7 Å². The lowest BCUT2D eigenvalue weighted by Crippen LogP contribution is -2.14. The third-order valence-corrected chi connectivity index (χ3v) is 21.4. The van der Waals surface area contributed by atoms with Gasteiger partial charge in [0.15, 0.2) is 0 Å². The number of nitrogens with zero attached hydrogens (tertiary/aromatic N) is 4. The summed E-state index contributed by atoms with van der Waals surface area (Å²) in [4.78, 5) is 14.8. The van der Waals surface area contributed by atoms with Gasteiger partial charge in [-0.15, -0.1) is 0 Å². The zero-order chi connectivity index (χ0) is 69.3. The maximum atomic E-state index is 5.34. The molecule has 0 saturated carbocycles. The summed E-state index contributed by atoms with van der Waals surface area (Å²) in [5, 5.41) is 2.48. The van der Waals surface area contributed by atoms with Gasteiger partial charge in [-0.05, 0) is 257 Å². The SMILES string of the molecule is Cc1cc(-c2ccc(-c3ccccc3-c3cc(-c4ccccc4-c4ccc(-c5ccccn5)cc4C)cc(-c4ccccc4-c4ccc(-c5ccccn5)cc4C)c3)c(-c3cccc(-n4c5ccccc5c5cc6c(cc54)C(C)(C)c4ccccc4-6)c3)c2)ncc1-c1cccc(-c2ccccc2)c1. The van der Waals surface area contributed by atoms with Crippen molar-refractivity contribution in [3.05, 3.63) is 374 Å². The molecule has 0 bridgehead atoms. The van der Waals surface area contributed by atoms with Crippen molar-refractivity contribution in [1.82, 2.24) is 19.5 Å². The van der Waals surface area contributed by atoms with Crippen molar-refractivity contribution >= 4 is 21.8 Å². The second-order valence-corrected chi connectivity index (χ2v) is 28.0. The van der Waals surface area contributed by atoms with Crippen LogP contribution in [0.1, 0.15) is 41.7 Å². The summed E-state index contributed by atoms with van der Waals surface area (Å²) in [5.41, 5.74) is 38.7. The third kappa shape index (κ3) is 11.2. The van der Waals surface area contributed by atoms with Crippen LogP contribution in [-0.2, 0) is 5.41 Å². The molecule has 0 saturated heterocycles. The van der Waals surface area contributed by atoms with Gasteiger partial charge in [-0.2, -0.15) is 0 Å². The molecule has 18 rings (SSSR count). The van der Waals surface area contributed by atoms with Crippen molar-refractivity contribution in [2.45, 2.75) is 40.0 Å². The van der Waals surface area contributed by atoms with Gasteiger partial charge >= 0.3 is 0 Å². The van der Waals surface area contributed by atoms with Crippen molar-refractivity contribution in [3.63, 3.8) is 0 Å². The minimum Gasteiger partial charge on any atom is -0.309 e. The molecular weight excluding hydrogens is 1250 g/mol. The quantitative estimate of drug-likeness (QED) is 0.116. The first-order chi connectivity index (χ1) is 50.6. The van der Waals surface area contributed by atoms with E-state index in [9.17, 15) is 0 Å². The third-order valence-electron chi connectivity index (χ3n) is 21.4. The van der Waals surface area contributed by atoms with Gasteiger partial charge in [0.1, 0.15) is 0 Å². The van der Waals surface area contributed by atoms with Crippen LogP contribution in [-0.4, -0.2) is 19.5 Å². The van der Waals surface area contributed by atoms with Gasteiger partial charge in [0.05, 0.1) is 28.1 Å². The molecule has 4 heteroatoms. The highest BCUT2D eigenvalue weighted by molar-refractivity contribution is 6.12. The molecule has 0 radical (unpaired) electrons. The highest BCUT2D eigenvalue weighted by atomic mass is 15.0. The minimum atomic E-state index is -0.172. The minimum absolute atomic E-state index is 0.172. The number of para-hydroxylation sites is 1. The fraction of sp³-hybridized carbons (Fsp3) is 0.0606. The molecule has 1 aliphatic rings. The first kappa shape index (κ1) is 62.4. The average Bonchev–Trinajstić information content (AvgIpc) is 1.55. The molecule has 17 aromatic rings. The lowest BCUT2D eigenvalue weighted by atomic mass is 9.82. The standard InChI is InChI=1S/C99H72N4/c1-63-51-70(94-40-19-21-49-100-94)43-46-77(63)82-34-12-9-31-79(82)73-55-74(80-32-10-13-35-83(80)78-47-44-71(52-64(78)2)95-41-20-22-50-101-95)57-75(56-73)81-33-11-14-36-84(81)85-48-45-72(96-53-65(3)91(62-102-96)68-28-23-27-67(54-68)66-25-7-6-8-26-66)59-88(85)69-29-24-30-76(58-69)103-97-42-18-16-38-87(97)90-60-89-86-37-15-17-39-92(86)99(4,5)93(89)61-98(90)103/h6-62H,1-5H3. The van der Waals surface area contributed by atoms with Crippen LogP contribution in [0.4, 0.5) is 0 Å². The number of fused-ring (bicyclic) bond motifs is 6. The van der Waals surface area contributed by atoms with Crippen LogP contribution in [0.25, 0.3) is 173 Å². The van der Waals surface area contributed by atoms with Gasteiger partial charge in [0.25, 0.3) is 0 Å².